The van der Waals surface area contributed by atoms with Crippen molar-refractivity contribution in [3.8, 4) is 16.9 Å². The Bertz CT molecular complexity index is 959. The Morgan fingerprint density at radius 1 is 1.00 bits per heavy atom. The SMILES string of the molecule is O=S(=O)(O)C1O[C@@H](Oc2cc(-c3ccc(F)nc3)cnc2F)[C@H](O)[C@@H](O)[C@@H]1O. The van der Waals surface area contributed by atoms with Crippen molar-refractivity contribution in [2.45, 2.75) is 30.0 Å². The van der Waals surface area contributed by atoms with Crippen LogP contribution in [0.25, 0.3) is 11.1 Å². The molecule has 13 heteroatoms. The maximum Gasteiger partial charge on any atom is 0.295 e. The molecule has 1 unspecified atom stereocenters. The fourth-order valence-corrected chi connectivity index (χ4v) is 3.26. The van der Waals surface area contributed by atoms with Crippen LogP contribution in [0.3, 0.4) is 0 Å². The van der Waals surface area contributed by atoms with E-state index in [9.17, 15) is 32.5 Å². The molecule has 0 spiro atoms. The topological polar surface area (TPSA) is 159 Å². The molecule has 28 heavy (non-hydrogen) atoms. The van der Waals surface area contributed by atoms with Gasteiger partial charge in [0.15, 0.2) is 5.75 Å². The van der Waals surface area contributed by atoms with E-state index in [4.69, 9.17) is 14.0 Å². The van der Waals surface area contributed by atoms with Crippen LogP contribution in [0.4, 0.5) is 8.78 Å². The van der Waals surface area contributed by atoms with E-state index in [1.807, 2.05) is 0 Å². The zero-order chi connectivity index (χ0) is 20.6. The summed E-state index contributed by atoms with van der Waals surface area (Å²) >= 11 is 0. The van der Waals surface area contributed by atoms with Gasteiger partial charge in [-0.1, -0.05) is 0 Å². The lowest BCUT2D eigenvalue weighted by molar-refractivity contribution is -0.254. The summed E-state index contributed by atoms with van der Waals surface area (Å²) in [7, 11) is -5.00. The first-order chi connectivity index (χ1) is 13.1. The number of ether oxygens (including phenoxy) is 2. The fraction of sp³-hybridized carbons (Fsp3) is 0.333. The third-order valence-electron chi connectivity index (χ3n) is 3.93. The Hall–Kier alpha value is -2.29. The predicted octanol–water partition coefficient (Wildman–Crippen LogP) is -0.546. The van der Waals surface area contributed by atoms with Crippen LogP contribution >= 0.6 is 0 Å². The maximum atomic E-state index is 14.0. The van der Waals surface area contributed by atoms with Crippen LogP contribution < -0.4 is 4.74 Å². The lowest BCUT2D eigenvalue weighted by Crippen LogP contribution is -2.61. The van der Waals surface area contributed by atoms with Gasteiger partial charge in [0.1, 0.15) is 18.3 Å². The summed E-state index contributed by atoms with van der Waals surface area (Å²) in [6.07, 6.45) is -5.97. The molecule has 1 aliphatic heterocycles. The molecule has 0 bridgehead atoms. The van der Waals surface area contributed by atoms with Crippen LogP contribution in [0, 0.1) is 11.9 Å². The minimum atomic E-state index is -5.00. The van der Waals surface area contributed by atoms with E-state index in [1.54, 1.807) is 0 Å². The minimum Gasteiger partial charge on any atom is -0.457 e. The molecule has 10 nitrogen and oxygen atoms in total. The van der Waals surface area contributed by atoms with Crippen molar-refractivity contribution in [2.24, 2.45) is 0 Å². The van der Waals surface area contributed by atoms with Crippen LogP contribution in [-0.4, -0.2) is 68.3 Å². The van der Waals surface area contributed by atoms with Crippen molar-refractivity contribution >= 4 is 10.1 Å². The normalized spacial score (nSPS) is 28.1. The largest absolute Gasteiger partial charge is 0.457 e. The fourth-order valence-electron chi connectivity index (χ4n) is 2.50. The van der Waals surface area contributed by atoms with Gasteiger partial charge in [0.05, 0.1) is 0 Å². The lowest BCUT2D eigenvalue weighted by atomic mass is 10.1. The first-order valence-corrected chi connectivity index (χ1v) is 9.18. The minimum absolute atomic E-state index is 0.237. The molecule has 5 atom stereocenters. The van der Waals surface area contributed by atoms with Crippen LogP contribution in [-0.2, 0) is 14.9 Å². The predicted molar refractivity (Wildman–Crippen MR) is 86.2 cm³/mol. The Morgan fingerprint density at radius 3 is 2.29 bits per heavy atom. The quantitative estimate of drug-likeness (QED) is 0.373. The number of nitrogens with zero attached hydrogens (tertiary/aromatic N) is 2. The van der Waals surface area contributed by atoms with Gasteiger partial charge in [-0.05, 0) is 18.2 Å². The highest BCUT2D eigenvalue weighted by Gasteiger charge is 2.50. The average Bonchev–Trinajstić information content (AvgIpc) is 2.63. The van der Waals surface area contributed by atoms with Crippen molar-refractivity contribution in [3.63, 3.8) is 0 Å². The molecule has 2 aromatic rings. The van der Waals surface area contributed by atoms with Crippen LogP contribution in [0.15, 0.2) is 30.6 Å². The number of hydrogen-bond donors (Lipinski definition) is 4. The monoisotopic (exact) mass is 420 g/mol. The standard InChI is InChI=1S/C15H14F2N2O8S/c16-9-2-1-6(4-18-9)7-3-8(13(17)19-5-7)26-14-11(21)10(20)12(22)15(27-14)28(23,24)25/h1-5,10-12,14-15,20-22H,(H,23,24,25)/t10-,11-,12+,14-,15?/m1/s1. The number of aliphatic hydroxyl groups is 3. The molecule has 2 aromatic heterocycles. The molecule has 1 aliphatic rings. The number of hydrogen-bond acceptors (Lipinski definition) is 9. The van der Waals surface area contributed by atoms with Crippen LogP contribution in [0.2, 0.25) is 0 Å². The Morgan fingerprint density at radius 2 is 1.68 bits per heavy atom. The molecule has 0 radical (unpaired) electrons. The molecule has 0 saturated carbocycles. The summed E-state index contributed by atoms with van der Waals surface area (Å²) in [5.41, 5.74) is -1.76. The van der Waals surface area contributed by atoms with Gasteiger partial charge in [-0.15, -0.1) is 0 Å². The molecule has 4 N–H and O–H groups in total. The first kappa shape index (κ1) is 20.4. The van der Waals surface area contributed by atoms with Gasteiger partial charge in [-0.3, -0.25) is 4.55 Å². The van der Waals surface area contributed by atoms with Crippen molar-refractivity contribution < 1.29 is 46.5 Å². The van der Waals surface area contributed by atoms with E-state index >= 15 is 0 Å². The van der Waals surface area contributed by atoms with Gasteiger partial charge in [0, 0.05) is 23.5 Å². The van der Waals surface area contributed by atoms with E-state index in [0.717, 1.165) is 24.5 Å². The van der Waals surface area contributed by atoms with Gasteiger partial charge in [0.2, 0.25) is 17.7 Å². The zero-order valence-electron chi connectivity index (χ0n) is 13.8. The molecule has 0 aliphatic carbocycles. The number of pyridine rings is 2. The second-order valence-corrected chi connectivity index (χ2v) is 7.35. The first-order valence-electron chi connectivity index (χ1n) is 7.68. The molecule has 3 heterocycles. The number of aliphatic hydroxyl groups excluding tert-OH is 3. The van der Waals surface area contributed by atoms with Crippen molar-refractivity contribution in [1.82, 2.24) is 9.97 Å². The Labute approximate surface area is 156 Å². The number of rotatable bonds is 4. The number of aromatic nitrogens is 2. The zero-order valence-corrected chi connectivity index (χ0v) is 14.6. The van der Waals surface area contributed by atoms with Gasteiger partial charge < -0.3 is 24.8 Å². The second-order valence-electron chi connectivity index (χ2n) is 5.86. The third kappa shape index (κ3) is 4.09. The highest BCUT2D eigenvalue weighted by Crippen LogP contribution is 2.29. The van der Waals surface area contributed by atoms with Crippen molar-refractivity contribution in [2.75, 3.05) is 0 Å². The van der Waals surface area contributed by atoms with Gasteiger partial charge in [-0.25, -0.2) is 9.97 Å². The highest BCUT2D eigenvalue weighted by atomic mass is 32.2. The summed E-state index contributed by atoms with van der Waals surface area (Å²) in [5.74, 6) is -2.51. The van der Waals surface area contributed by atoms with E-state index in [2.05, 4.69) is 9.97 Å². The average molecular weight is 420 g/mol. The molecule has 1 saturated heterocycles. The summed E-state index contributed by atoms with van der Waals surface area (Å²) in [6, 6.07) is 3.48. The van der Waals surface area contributed by atoms with Gasteiger partial charge in [0.25, 0.3) is 16.1 Å². The van der Waals surface area contributed by atoms with Gasteiger partial charge >= 0.3 is 0 Å². The molecular formula is C15H14F2N2O8S. The Balaban J connectivity index is 1.89. The highest BCUT2D eigenvalue weighted by molar-refractivity contribution is 7.86. The second kappa shape index (κ2) is 7.62. The van der Waals surface area contributed by atoms with Crippen molar-refractivity contribution in [3.05, 3.63) is 42.5 Å². The maximum absolute atomic E-state index is 14.0. The van der Waals surface area contributed by atoms with E-state index in [1.165, 1.54) is 6.07 Å². The third-order valence-corrected chi connectivity index (χ3v) is 4.91. The van der Waals surface area contributed by atoms with Crippen LogP contribution in [0.5, 0.6) is 5.75 Å². The summed E-state index contributed by atoms with van der Waals surface area (Å²) in [4.78, 5) is 6.88. The molecule has 152 valence electrons. The Kier molecular flexibility index (Phi) is 5.56. The van der Waals surface area contributed by atoms with E-state index < -0.39 is 57.8 Å². The smallest absolute Gasteiger partial charge is 0.295 e. The summed E-state index contributed by atoms with van der Waals surface area (Å²) in [5, 5.41) is 29.3. The molecule has 0 amide bonds. The summed E-state index contributed by atoms with van der Waals surface area (Å²) < 4.78 is 68.4. The molecular weight excluding hydrogens is 406 g/mol. The van der Waals surface area contributed by atoms with Gasteiger partial charge in [-0.2, -0.15) is 17.2 Å². The van der Waals surface area contributed by atoms with E-state index in [-0.39, 0.29) is 5.56 Å². The van der Waals surface area contributed by atoms with Crippen LogP contribution in [0.1, 0.15) is 0 Å². The van der Waals surface area contributed by atoms with Crippen molar-refractivity contribution in [1.29, 1.82) is 0 Å². The molecule has 1 fully saturated rings. The van der Waals surface area contributed by atoms with E-state index in [0.29, 0.717) is 5.56 Å². The molecule has 0 aromatic carbocycles. The molecule has 3 rings (SSSR count). The lowest BCUT2D eigenvalue weighted by Gasteiger charge is -2.38. The summed E-state index contributed by atoms with van der Waals surface area (Å²) in [6.45, 7) is 0. The number of halogens is 2.